The lowest BCUT2D eigenvalue weighted by molar-refractivity contribution is 0.0235. The van der Waals surface area contributed by atoms with Crippen molar-refractivity contribution in [2.24, 2.45) is 7.05 Å². The van der Waals surface area contributed by atoms with Gasteiger partial charge in [0.1, 0.15) is 17.5 Å². The Morgan fingerprint density at radius 3 is 2.70 bits per heavy atom. The Morgan fingerprint density at radius 1 is 1.04 bits per heavy atom. The van der Waals surface area contributed by atoms with E-state index in [1.807, 2.05) is 55.1 Å². The van der Waals surface area contributed by atoms with Gasteiger partial charge in [0.05, 0.1) is 29.4 Å². The molecule has 1 aliphatic rings. The number of carbonyl (C=O) groups excluding carboxylic acids is 1. The lowest BCUT2D eigenvalue weighted by Gasteiger charge is -2.18. The number of aromatic nitrogens is 3. The highest BCUT2D eigenvalue weighted by Crippen LogP contribution is 2.45. The van der Waals surface area contributed by atoms with E-state index in [-0.39, 0.29) is 12.1 Å². The Bertz CT molecular complexity index is 1850. The Kier molecular flexibility index (Phi) is 9.97. The van der Waals surface area contributed by atoms with Gasteiger partial charge >= 0.3 is 5.97 Å². The van der Waals surface area contributed by atoms with Crippen molar-refractivity contribution >= 4 is 39.2 Å². The van der Waals surface area contributed by atoms with Crippen LogP contribution in [0.3, 0.4) is 0 Å². The molecule has 1 aliphatic heterocycles. The molecule has 1 atom stereocenters. The summed E-state index contributed by atoms with van der Waals surface area (Å²) in [6.07, 6.45) is 3.44. The first-order valence-corrected chi connectivity index (χ1v) is 16.6. The summed E-state index contributed by atoms with van der Waals surface area (Å²) in [5, 5.41) is 8.79. The van der Waals surface area contributed by atoms with E-state index in [4.69, 9.17) is 35.6 Å². The molecule has 8 nitrogen and oxygen atoms in total. The second-order valence-corrected chi connectivity index (χ2v) is 12.2. The largest absolute Gasteiger partial charge is 0.493 e. The zero-order valence-electron chi connectivity index (χ0n) is 27.1. The molecule has 0 saturated carbocycles. The van der Waals surface area contributed by atoms with Gasteiger partial charge in [-0.05, 0) is 62.6 Å². The number of ether oxygens (including phenoxy) is 4. The molecule has 6 rings (SSSR count). The van der Waals surface area contributed by atoms with Gasteiger partial charge < -0.3 is 23.5 Å². The van der Waals surface area contributed by atoms with Crippen LogP contribution < -0.4 is 4.74 Å². The molecule has 0 aliphatic carbocycles. The highest BCUT2D eigenvalue weighted by molar-refractivity contribution is 6.35. The molecule has 0 N–H and O–H groups in total. The third-order valence-corrected chi connectivity index (χ3v) is 9.24. The highest BCUT2D eigenvalue weighted by Gasteiger charge is 2.31. The zero-order valence-corrected chi connectivity index (χ0v) is 27.9. The fourth-order valence-electron chi connectivity index (χ4n) is 6.68. The Labute approximate surface area is 275 Å². The van der Waals surface area contributed by atoms with Crippen molar-refractivity contribution in [3.05, 3.63) is 82.3 Å². The third kappa shape index (κ3) is 6.14. The summed E-state index contributed by atoms with van der Waals surface area (Å²) in [5.41, 5.74) is 6.11. The summed E-state index contributed by atoms with van der Waals surface area (Å²) in [6.45, 7) is 6.45. The Morgan fingerprint density at radius 2 is 1.87 bits per heavy atom. The van der Waals surface area contributed by atoms with Crippen LogP contribution in [0.1, 0.15) is 66.2 Å². The summed E-state index contributed by atoms with van der Waals surface area (Å²) in [6, 6.07) is 18.3. The molecule has 0 fully saturated rings. The van der Waals surface area contributed by atoms with Crippen molar-refractivity contribution < 1.29 is 23.7 Å². The summed E-state index contributed by atoms with van der Waals surface area (Å²) < 4.78 is 27.9. The number of rotatable bonds is 10. The van der Waals surface area contributed by atoms with Crippen LogP contribution >= 0.6 is 11.6 Å². The summed E-state index contributed by atoms with van der Waals surface area (Å²) in [5.74, 6) is 0.539. The number of fused-ring (bicyclic) bond motifs is 3. The van der Waals surface area contributed by atoms with Gasteiger partial charge in [-0.3, -0.25) is 4.68 Å². The SMILES string of the molecule is CCOC(=O)c1c(CCCOc2cccc3ccccc23)c2ccc(Cl)c3c2n1CCCCOC(CCOC)c1nn(C)c(C)c1-3. The molecule has 1 unspecified atom stereocenters. The molecule has 242 valence electrons. The van der Waals surface area contributed by atoms with E-state index in [0.29, 0.717) is 56.5 Å². The number of hydrogen-bond donors (Lipinski definition) is 0. The molecule has 2 aromatic heterocycles. The third-order valence-electron chi connectivity index (χ3n) is 8.92. The first kappa shape index (κ1) is 32.1. The highest BCUT2D eigenvalue weighted by atomic mass is 35.5. The number of benzene rings is 3. The van der Waals surface area contributed by atoms with Gasteiger partial charge in [0.15, 0.2) is 0 Å². The second-order valence-electron chi connectivity index (χ2n) is 11.8. The maximum atomic E-state index is 13.8. The van der Waals surface area contributed by atoms with Crippen LogP contribution in [0.25, 0.3) is 32.8 Å². The van der Waals surface area contributed by atoms with E-state index in [0.717, 1.165) is 74.8 Å². The van der Waals surface area contributed by atoms with E-state index < -0.39 is 0 Å². The maximum Gasteiger partial charge on any atom is 0.355 e. The monoisotopic (exact) mass is 643 g/mol. The van der Waals surface area contributed by atoms with E-state index in [1.165, 1.54) is 0 Å². The lowest BCUT2D eigenvalue weighted by atomic mass is 9.96. The Balaban J connectivity index is 1.46. The van der Waals surface area contributed by atoms with Crippen LogP contribution in [0.2, 0.25) is 5.02 Å². The smallest absolute Gasteiger partial charge is 0.355 e. The molecule has 0 bridgehead atoms. The van der Waals surface area contributed by atoms with Crippen LogP contribution in [0.4, 0.5) is 0 Å². The van der Waals surface area contributed by atoms with Crippen molar-refractivity contribution in [2.75, 3.05) is 33.5 Å². The quantitative estimate of drug-likeness (QED) is 0.113. The molecule has 3 aromatic carbocycles. The van der Waals surface area contributed by atoms with Gasteiger partial charge in [-0.15, -0.1) is 0 Å². The fourth-order valence-corrected chi connectivity index (χ4v) is 6.93. The molecule has 0 radical (unpaired) electrons. The molecule has 0 spiro atoms. The van der Waals surface area contributed by atoms with Gasteiger partial charge in [0, 0.05) is 67.9 Å². The molecule has 3 heterocycles. The minimum Gasteiger partial charge on any atom is -0.493 e. The second kappa shape index (κ2) is 14.3. The van der Waals surface area contributed by atoms with Crippen molar-refractivity contribution in [3.63, 3.8) is 0 Å². The van der Waals surface area contributed by atoms with Gasteiger partial charge in [-0.2, -0.15) is 5.10 Å². The average Bonchev–Trinajstić information content (AvgIpc) is 3.52. The number of hydrogen-bond acceptors (Lipinski definition) is 6. The standard InChI is InChI=1S/C37H42ClN3O5/c1-5-44-37(42)36-27(15-11-22-45-30-16-10-13-25-12-6-7-14-26(25)30)28-17-18-29(38)33-32-24(2)40(3)39-34(32)31(19-23-43-4)46-21-9-8-20-41(36)35(28)33/h6-7,10,12-14,16-18,31H,5,8-9,11,15,19-23H2,1-4H3. The van der Waals surface area contributed by atoms with Crippen LogP contribution in [-0.4, -0.2) is 53.9 Å². The average molecular weight is 644 g/mol. The predicted octanol–water partition coefficient (Wildman–Crippen LogP) is 8.23. The van der Waals surface area contributed by atoms with Crippen LogP contribution in [0.5, 0.6) is 5.75 Å². The van der Waals surface area contributed by atoms with Gasteiger partial charge in [0.2, 0.25) is 0 Å². The topological polar surface area (TPSA) is 76.7 Å². The number of aryl methyl sites for hydroxylation is 3. The van der Waals surface area contributed by atoms with E-state index in [1.54, 1.807) is 7.11 Å². The van der Waals surface area contributed by atoms with Gasteiger partial charge in [-0.1, -0.05) is 54.1 Å². The van der Waals surface area contributed by atoms with Crippen LogP contribution in [-0.2, 0) is 34.2 Å². The molecule has 46 heavy (non-hydrogen) atoms. The molecule has 0 amide bonds. The van der Waals surface area contributed by atoms with Gasteiger partial charge in [-0.25, -0.2) is 4.79 Å². The van der Waals surface area contributed by atoms with Crippen molar-refractivity contribution in [1.29, 1.82) is 0 Å². The number of methoxy groups -OCH3 is 1. The van der Waals surface area contributed by atoms with Crippen molar-refractivity contribution in [1.82, 2.24) is 14.3 Å². The fraction of sp³-hybridized carbons (Fsp3) is 0.405. The summed E-state index contributed by atoms with van der Waals surface area (Å²) in [7, 11) is 3.64. The number of carbonyl (C=O) groups is 1. The number of halogens is 1. The van der Waals surface area contributed by atoms with E-state index >= 15 is 0 Å². The summed E-state index contributed by atoms with van der Waals surface area (Å²) in [4.78, 5) is 13.8. The minimum absolute atomic E-state index is 0.252. The Hall–Kier alpha value is -3.85. The van der Waals surface area contributed by atoms with Crippen molar-refractivity contribution in [2.45, 2.75) is 58.6 Å². The van der Waals surface area contributed by atoms with E-state index in [9.17, 15) is 4.79 Å². The minimum atomic E-state index is -0.321. The van der Waals surface area contributed by atoms with Crippen molar-refractivity contribution in [3.8, 4) is 16.9 Å². The number of nitrogens with zero attached hydrogens (tertiary/aromatic N) is 3. The van der Waals surface area contributed by atoms with Crippen LogP contribution in [0, 0.1) is 6.92 Å². The predicted molar refractivity (Wildman–Crippen MR) is 182 cm³/mol. The first-order valence-electron chi connectivity index (χ1n) is 16.2. The van der Waals surface area contributed by atoms with Gasteiger partial charge in [0.25, 0.3) is 0 Å². The lowest BCUT2D eigenvalue weighted by Crippen LogP contribution is -2.15. The normalized spacial score (nSPS) is 15.1. The molecule has 9 heteroatoms. The summed E-state index contributed by atoms with van der Waals surface area (Å²) >= 11 is 7.12. The van der Waals surface area contributed by atoms with E-state index in [2.05, 4.69) is 29.7 Å². The molecule has 5 aromatic rings. The van der Waals surface area contributed by atoms with Crippen LogP contribution in [0.15, 0.2) is 54.6 Å². The molecule has 0 saturated heterocycles. The first-order chi connectivity index (χ1) is 22.4. The zero-order chi connectivity index (χ0) is 32.2. The number of esters is 1. The molecular formula is C37H42ClN3O5. The molecular weight excluding hydrogens is 602 g/mol. The maximum absolute atomic E-state index is 13.8.